The first-order valence-electron chi connectivity index (χ1n) is 4.83. The van der Waals surface area contributed by atoms with Gasteiger partial charge in [0.15, 0.2) is 5.88 Å². The van der Waals surface area contributed by atoms with Gasteiger partial charge in [-0.1, -0.05) is 19.9 Å². The van der Waals surface area contributed by atoms with Gasteiger partial charge in [-0.15, -0.1) is 0 Å². The van der Waals surface area contributed by atoms with Crippen molar-refractivity contribution in [2.24, 2.45) is 5.92 Å². The molecule has 0 aromatic carbocycles. The standard InChI is InChI=1S/C11H14N2O/c1-8(2)6-10-12-7-9-4-3-5-11(14)13(9)10/h3-5,7-8,14H,6H2,1-2H3. The monoisotopic (exact) mass is 190 g/mol. The number of aromatic nitrogens is 2. The predicted octanol–water partition coefficient (Wildman–Crippen LogP) is 2.24. The normalized spacial score (nSPS) is 11.4. The van der Waals surface area contributed by atoms with Gasteiger partial charge in [-0.2, -0.15) is 0 Å². The van der Waals surface area contributed by atoms with Crippen molar-refractivity contribution < 1.29 is 5.11 Å². The van der Waals surface area contributed by atoms with Gasteiger partial charge in [-0.25, -0.2) is 4.98 Å². The summed E-state index contributed by atoms with van der Waals surface area (Å²) in [5.41, 5.74) is 0.945. The predicted molar refractivity (Wildman–Crippen MR) is 55.4 cm³/mol. The Morgan fingerprint density at radius 1 is 1.43 bits per heavy atom. The second-order valence-electron chi connectivity index (χ2n) is 3.92. The van der Waals surface area contributed by atoms with Crippen molar-refractivity contribution in [3.8, 4) is 5.88 Å². The van der Waals surface area contributed by atoms with Crippen LogP contribution >= 0.6 is 0 Å². The SMILES string of the molecule is CC(C)Cc1ncc2cccc(O)n12. The van der Waals surface area contributed by atoms with Crippen LogP contribution in [-0.2, 0) is 6.42 Å². The molecule has 3 heteroatoms. The molecule has 0 amide bonds. The Bertz CT molecular complexity index is 445. The van der Waals surface area contributed by atoms with Gasteiger partial charge in [0.2, 0.25) is 0 Å². The lowest BCUT2D eigenvalue weighted by Crippen LogP contribution is -2.00. The molecule has 14 heavy (non-hydrogen) atoms. The number of rotatable bonds is 2. The first-order chi connectivity index (χ1) is 6.68. The molecular weight excluding hydrogens is 176 g/mol. The molecule has 3 nitrogen and oxygen atoms in total. The molecule has 0 fully saturated rings. The van der Waals surface area contributed by atoms with E-state index in [1.807, 2.05) is 12.1 Å². The van der Waals surface area contributed by atoms with Gasteiger partial charge in [-0.05, 0) is 18.1 Å². The Morgan fingerprint density at radius 2 is 2.21 bits per heavy atom. The summed E-state index contributed by atoms with van der Waals surface area (Å²) < 4.78 is 1.79. The van der Waals surface area contributed by atoms with E-state index in [9.17, 15) is 5.11 Å². The van der Waals surface area contributed by atoms with E-state index >= 15 is 0 Å². The minimum absolute atomic E-state index is 0.260. The van der Waals surface area contributed by atoms with E-state index in [0.717, 1.165) is 17.8 Å². The average Bonchev–Trinajstić information content (AvgIpc) is 2.49. The fourth-order valence-corrected chi connectivity index (χ4v) is 1.60. The molecule has 0 radical (unpaired) electrons. The fraction of sp³-hybridized carbons (Fsp3) is 0.364. The highest BCUT2D eigenvalue weighted by molar-refractivity contribution is 5.48. The summed E-state index contributed by atoms with van der Waals surface area (Å²) in [5, 5.41) is 9.68. The topological polar surface area (TPSA) is 37.5 Å². The summed E-state index contributed by atoms with van der Waals surface area (Å²) in [5.74, 6) is 1.73. The van der Waals surface area contributed by atoms with Crippen LogP contribution in [0.2, 0.25) is 0 Å². The third-order valence-electron chi connectivity index (χ3n) is 2.19. The summed E-state index contributed by atoms with van der Waals surface area (Å²) in [6.07, 6.45) is 2.67. The van der Waals surface area contributed by atoms with Crippen molar-refractivity contribution in [3.05, 3.63) is 30.2 Å². The molecule has 2 aromatic heterocycles. The number of aromatic hydroxyl groups is 1. The number of fused-ring (bicyclic) bond motifs is 1. The number of hydrogen-bond acceptors (Lipinski definition) is 2. The highest BCUT2D eigenvalue weighted by Crippen LogP contribution is 2.17. The van der Waals surface area contributed by atoms with Crippen LogP contribution in [0.4, 0.5) is 0 Å². The molecule has 0 unspecified atom stereocenters. The first-order valence-corrected chi connectivity index (χ1v) is 4.83. The molecular formula is C11H14N2O. The lowest BCUT2D eigenvalue weighted by molar-refractivity contribution is 0.440. The number of pyridine rings is 1. The zero-order chi connectivity index (χ0) is 10.1. The van der Waals surface area contributed by atoms with Crippen LogP contribution in [0.25, 0.3) is 5.52 Å². The molecule has 0 aliphatic rings. The summed E-state index contributed by atoms with van der Waals surface area (Å²) >= 11 is 0. The second kappa shape index (κ2) is 3.33. The molecule has 0 bridgehead atoms. The van der Waals surface area contributed by atoms with Crippen LogP contribution in [0.3, 0.4) is 0 Å². The Labute approximate surface area is 83.0 Å². The van der Waals surface area contributed by atoms with Crippen molar-refractivity contribution in [2.45, 2.75) is 20.3 Å². The van der Waals surface area contributed by atoms with E-state index in [1.165, 1.54) is 0 Å². The van der Waals surface area contributed by atoms with E-state index < -0.39 is 0 Å². The van der Waals surface area contributed by atoms with E-state index in [1.54, 1.807) is 16.7 Å². The van der Waals surface area contributed by atoms with Crippen molar-refractivity contribution in [2.75, 3.05) is 0 Å². The van der Waals surface area contributed by atoms with Gasteiger partial charge in [-0.3, -0.25) is 4.40 Å². The molecule has 0 saturated carbocycles. The van der Waals surface area contributed by atoms with E-state index in [2.05, 4.69) is 18.8 Å². The van der Waals surface area contributed by atoms with Crippen LogP contribution < -0.4 is 0 Å². The third kappa shape index (κ3) is 1.45. The third-order valence-corrected chi connectivity index (χ3v) is 2.19. The van der Waals surface area contributed by atoms with E-state index in [-0.39, 0.29) is 5.88 Å². The van der Waals surface area contributed by atoms with Gasteiger partial charge in [0.05, 0.1) is 11.7 Å². The zero-order valence-corrected chi connectivity index (χ0v) is 8.44. The summed E-state index contributed by atoms with van der Waals surface area (Å²) in [7, 11) is 0. The van der Waals surface area contributed by atoms with Crippen molar-refractivity contribution in [1.29, 1.82) is 0 Å². The molecule has 0 saturated heterocycles. The first kappa shape index (κ1) is 9.06. The van der Waals surface area contributed by atoms with Gasteiger partial charge < -0.3 is 5.11 Å². The second-order valence-corrected chi connectivity index (χ2v) is 3.92. The minimum Gasteiger partial charge on any atom is -0.494 e. The van der Waals surface area contributed by atoms with Gasteiger partial charge in [0, 0.05) is 6.42 Å². The Kier molecular flexibility index (Phi) is 2.15. The Balaban J connectivity index is 2.55. The highest BCUT2D eigenvalue weighted by Gasteiger charge is 2.07. The Hall–Kier alpha value is -1.51. The molecule has 0 spiro atoms. The quantitative estimate of drug-likeness (QED) is 0.788. The molecule has 0 aliphatic carbocycles. The van der Waals surface area contributed by atoms with Crippen LogP contribution in [0.5, 0.6) is 5.88 Å². The van der Waals surface area contributed by atoms with Crippen molar-refractivity contribution in [1.82, 2.24) is 9.38 Å². The fourth-order valence-electron chi connectivity index (χ4n) is 1.60. The molecule has 2 heterocycles. The van der Waals surface area contributed by atoms with Crippen LogP contribution in [0.1, 0.15) is 19.7 Å². The molecule has 0 atom stereocenters. The smallest absolute Gasteiger partial charge is 0.197 e. The van der Waals surface area contributed by atoms with Crippen molar-refractivity contribution >= 4 is 5.52 Å². The molecule has 2 rings (SSSR count). The average molecular weight is 190 g/mol. The van der Waals surface area contributed by atoms with Crippen LogP contribution in [0.15, 0.2) is 24.4 Å². The van der Waals surface area contributed by atoms with Crippen molar-refractivity contribution in [3.63, 3.8) is 0 Å². The maximum absolute atomic E-state index is 9.68. The summed E-state index contributed by atoms with van der Waals surface area (Å²) in [6, 6.07) is 5.44. The maximum atomic E-state index is 9.68. The maximum Gasteiger partial charge on any atom is 0.197 e. The van der Waals surface area contributed by atoms with E-state index in [0.29, 0.717) is 5.92 Å². The molecule has 1 N–H and O–H groups in total. The Morgan fingerprint density at radius 3 is 2.93 bits per heavy atom. The van der Waals surface area contributed by atoms with Crippen LogP contribution in [0, 0.1) is 5.92 Å². The minimum atomic E-state index is 0.260. The lowest BCUT2D eigenvalue weighted by atomic mass is 10.1. The van der Waals surface area contributed by atoms with E-state index in [4.69, 9.17) is 0 Å². The summed E-state index contributed by atoms with van der Waals surface area (Å²) in [6.45, 7) is 4.28. The molecule has 0 aliphatic heterocycles. The summed E-state index contributed by atoms with van der Waals surface area (Å²) in [4.78, 5) is 4.30. The highest BCUT2D eigenvalue weighted by atomic mass is 16.3. The van der Waals surface area contributed by atoms with Crippen LogP contribution in [-0.4, -0.2) is 14.5 Å². The van der Waals surface area contributed by atoms with Gasteiger partial charge in [0.1, 0.15) is 5.82 Å². The molecule has 74 valence electrons. The van der Waals surface area contributed by atoms with Gasteiger partial charge in [0.25, 0.3) is 0 Å². The number of hydrogen-bond donors (Lipinski definition) is 1. The van der Waals surface area contributed by atoms with Gasteiger partial charge >= 0.3 is 0 Å². The largest absolute Gasteiger partial charge is 0.494 e. The molecule has 2 aromatic rings. The number of imidazole rings is 1. The zero-order valence-electron chi connectivity index (χ0n) is 8.44. The number of nitrogens with zero attached hydrogens (tertiary/aromatic N) is 2. The lowest BCUT2D eigenvalue weighted by Gasteiger charge is -2.05.